The number of thiazole rings is 1. The molecular weight excluding hydrogens is 518 g/mol. The van der Waals surface area contributed by atoms with Gasteiger partial charge in [-0.25, -0.2) is 0 Å². The highest BCUT2D eigenvalue weighted by Crippen LogP contribution is 2.52. The summed E-state index contributed by atoms with van der Waals surface area (Å²) in [6.45, 7) is 1.03. The monoisotopic (exact) mass is 539 g/mol. The number of aromatic nitrogens is 1. The molecule has 2 aliphatic rings. The summed E-state index contributed by atoms with van der Waals surface area (Å²) in [5, 5.41) is 11.6. The summed E-state index contributed by atoms with van der Waals surface area (Å²) in [5.41, 5.74) is 2.41. The van der Waals surface area contributed by atoms with Crippen molar-refractivity contribution in [3.05, 3.63) is 74.2 Å². The van der Waals surface area contributed by atoms with Crippen LogP contribution >= 0.6 is 23.1 Å². The zero-order valence-electron chi connectivity index (χ0n) is 19.4. The fourth-order valence-electron chi connectivity index (χ4n) is 4.48. The maximum Gasteiger partial charge on any atom is 0.323 e. The number of carbonyl (C=O) groups is 4. The van der Waals surface area contributed by atoms with Crippen molar-refractivity contribution in [1.29, 1.82) is 0 Å². The Bertz CT molecular complexity index is 1450. The number of carbonyl (C=O) groups excluding carboxylic acids is 3. The van der Waals surface area contributed by atoms with E-state index in [1.807, 2.05) is 19.1 Å². The number of fused-ring (bicyclic) bond motifs is 2. The van der Waals surface area contributed by atoms with Gasteiger partial charge in [-0.2, -0.15) is 0 Å². The van der Waals surface area contributed by atoms with Gasteiger partial charge in [-0.3, -0.25) is 28.9 Å². The molecule has 37 heavy (non-hydrogen) atoms. The Morgan fingerprint density at radius 3 is 2.43 bits per heavy atom. The SMILES string of the molecule is Cc1ccc(NC(=O)COc2ccc([C@@H]3c4sc(=O)[nH]c4S[C@@H]4C(=O)N(CC(=O)O)C(=O)[C@H]34)cc2)cc1. The van der Waals surface area contributed by atoms with Gasteiger partial charge >= 0.3 is 10.8 Å². The molecular formula is C25H21N3O7S2. The van der Waals surface area contributed by atoms with Gasteiger partial charge in [0.15, 0.2) is 6.61 Å². The molecule has 3 heterocycles. The summed E-state index contributed by atoms with van der Waals surface area (Å²) in [6, 6.07) is 14.1. The first-order chi connectivity index (χ1) is 17.7. The molecule has 0 aliphatic carbocycles. The molecule has 5 rings (SSSR count). The molecule has 0 bridgehead atoms. The maximum atomic E-state index is 13.2. The number of carboxylic acid groups (broad SMARTS) is 1. The number of likely N-dealkylation sites (tertiary alicyclic amines) is 1. The maximum absolute atomic E-state index is 13.2. The second-order valence-electron chi connectivity index (χ2n) is 8.68. The Morgan fingerprint density at radius 2 is 1.76 bits per heavy atom. The molecule has 2 aromatic carbocycles. The summed E-state index contributed by atoms with van der Waals surface area (Å²) in [7, 11) is 0. The first-order valence-electron chi connectivity index (χ1n) is 11.3. The number of aliphatic carboxylic acids is 1. The van der Waals surface area contributed by atoms with E-state index in [1.54, 1.807) is 36.4 Å². The van der Waals surface area contributed by atoms with Crippen LogP contribution in [-0.4, -0.2) is 57.1 Å². The number of anilines is 1. The molecule has 0 unspecified atom stereocenters. The molecule has 0 radical (unpaired) electrons. The normalized spacial score (nSPS) is 20.4. The third-order valence-corrected chi connectivity index (χ3v) is 8.55. The van der Waals surface area contributed by atoms with Gasteiger partial charge in [-0.1, -0.05) is 52.9 Å². The Balaban J connectivity index is 1.35. The van der Waals surface area contributed by atoms with Crippen molar-refractivity contribution in [2.24, 2.45) is 5.92 Å². The van der Waals surface area contributed by atoms with Crippen LogP contribution in [0.25, 0.3) is 0 Å². The number of imide groups is 1. The van der Waals surface area contributed by atoms with Gasteiger partial charge in [0.25, 0.3) is 5.91 Å². The number of hydrogen-bond donors (Lipinski definition) is 3. The standard InChI is InChI=1S/C25H21N3O7S2/c1-12-2-6-14(7-3-12)26-16(29)11-35-15-8-4-13(5-9-15)18-19-21(36-22-20(18)37-25(34)27-22)24(33)28(23(19)32)10-17(30)31/h2-9,18-19,21H,10-11H2,1H3,(H,26,29)(H,27,34)(H,30,31)/t18-,19+,21-/m0/s1. The predicted octanol–water partition coefficient (Wildman–Crippen LogP) is 2.44. The quantitative estimate of drug-likeness (QED) is 0.388. The van der Waals surface area contributed by atoms with Gasteiger partial charge in [-0.05, 0) is 36.8 Å². The number of aryl methyl sites for hydroxylation is 1. The molecule has 3 N–H and O–H groups in total. The van der Waals surface area contributed by atoms with Gasteiger partial charge in [0.2, 0.25) is 11.8 Å². The van der Waals surface area contributed by atoms with Crippen LogP contribution in [0.4, 0.5) is 5.69 Å². The van der Waals surface area contributed by atoms with Crippen LogP contribution in [0, 0.1) is 12.8 Å². The largest absolute Gasteiger partial charge is 0.484 e. The van der Waals surface area contributed by atoms with Gasteiger partial charge in [-0.15, -0.1) is 0 Å². The lowest BCUT2D eigenvalue weighted by Gasteiger charge is -2.29. The number of rotatable bonds is 7. The van der Waals surface area contributed by atoms with E-state index in [0.717, 1.165) is 33.6 Å². The Kier molecular flexibility index (Phi) is 6.61. The van der Waals surface area contributed by atoms with Crippen LogP contribution in [0.3, 0.4) is 0 Å². The van der Waals surface area contributed by atoms with Crippen molar-refractivity contribution in [2.45, 2.75) is 23.1 Å². The van der Waals surface area contributed by atoms with Crippen molar-refractivity contribution in [3.63, 3.8) is 0 Å². The van der Waals surface area contributed by atoms with Gasteiger partial charge in [0, 0.05) is 16.5 Å². The Morgan fingerprint density at radius 1 is 1.05 bits per heavy atom. The second-order valence-corrected chi connectivity index (χ2v) is 10.8. The van der Waals surface area contributed by atoms with Gasteiger partial charge < -0.3 is 20.1 Å². The minimum Gasteiger partial charge on any atom is -0.484 e. The lowest BCUT2D eigenvalue weighted by Crippen LogP contribution is -2.36. The molecule has 0 saturated carbocycles. The highest BCUT2D eigenvalue weighted by molar-refractivity contribution is 8.00. The minimum absolute atomic E-state index is 0.210. The molecule has 3 aromatic rings. The average Bonchev–Trinajstić information content (AvgIpc) is 3.35. The van der Waals surface area contributed by atoms with E-state index < -0.39 is 41.4 Å². The number of benzene rings is 2. The first kappa shape index (κ1) is 24.8. The molecule has 10 nitrogen and oxygen atoms in total. The van der Waals surface area contributed by atoms with E-state index in [0.29, 0.717) is 26.9 Å². The summed E-state index contributed by atoms with van der Waals surface area (Å²) < 4.78 is 5.60. The van der Waals surface area contributed by atoms with Crippen LogP contribution in [0.1, 0.15) is 21.9 Å². The van der Waals surface area contributed by atoms with Crippen LogP contribution in [0.2, 0.25) is 0 Å². The van der Waals surface area contributed by atoms with Crippen molar-refractivity contribution < 1.29 is 29.0 Å². The molecule has 3 atom stereocenters. The second kappa shape index (κ2) is 9.87. The van der Waals surface area contributed by atoms with Crippen molar-refractivity contribution in [2.75, 3.05) is 18.5 Å². The number of nitrogens with one attached hydrogen (secondary N) is 2. The molecule has 190 valence electrons. The fraction of sp³-hybridized carbons (Fsp3) is 0.240. The van der Waals surface area contributed by atoms with Gasteiger partial charge in [0.05, 0.1) is 10.9 Å². The molecule has 1 saturated heterocycles. The molecule has 0 spiro atoms. The van der Waals surface area contributed by atoms with E-state index in [2.05, 4.69) is 10.3 Å². The number of aromatic amines is 1. The third kappa shape index (κ3) is 4.89. The van der Waals surface area contributed by atoms with Crippen molar-refractivity contribution >= 4 is 52.5 Å². The number of carboxylic acids is 1. The average molecular weight is 540 g/mol. The zero-order valence-corrected chi connectivity index (χ0v) is 21.1. The number of amides is 3. The van der Waals surface area contributed by atoms with Crippen molar-refractivity contribution in [1.82, 2.24) is 9.88 Å². The highest BCUT2D eigenvalue weighted by Gasteiger charge is 2.56. The van der Waals surface area contributed by atoms with Gasteiger partial charge in [0.1, 0.15) is 17.5 Å². The lowest BCUT2D eigenvalue weighted by atomic mass is 9.83. The number of hydrogen-bond acceptors (Lipinski definition) is 8. The van der Waals surface area contributed by atoms with Crippen LogP contribution in [0.15, 0.2) is 58.4 Å². The fourth-order valence-corrected chi connectivity index (χ4v) is 7.02. The van der Waals surface area contributed by atoms with E-state index in [-0.39, 0.29) is 17.4 Å². The lowest BCUT2D eigenvalue weighted by molar-refractivity contribution is -0.149. The number of H-pyrrole nitrogens is 1. The molecule has 1 aromatic heterocycles. The van der Waals surface area contributed by atoms with E-state index in [9.17, 15) is 24.0 Å². The van der Waals surface area contributed by atoms with E-state index >= 15 is 0 Å². The molecule has 1 fully saturated rings. The number of thioether (sulfide) groups is 1. The van der Waals surface area contributed by atoms with Crippen molar-refractivity contribution in [3.8, 4) is 5.75 Å². The number of nitrogens with zero attached hydrogens (tertiary/aromatic N) is 1. The smallest absolute Gasteiger partial charge is 0.323 e. The Hall–Kier alpha value is -3.90. The molecule has 12 heteroatoms. The molecule has 2 aliphatic heterocycles. The first-order valence-corrected chi connectivity index (χ1v) is 13.0. The van der Waals surface area contributed by atoms with Crippen LogP contribution in [-0.2, 0) is 19.2 Å². The number of ether oxygens (including phenoxy) is 1. The minimum atomic E-state index is -1.28. The summed E-state index contributed by atoms with van der Waals surface area (Å²) in [6.07, 6.45) is 0. The van der Waals surface area contributed by atoms with E-state index in [4.69, 9.17) is 9.84 Å². The summed E-state index contributed by atoms with van der Waals surface area (Å²) >= 11 is 2.05. The van der Waals surface area contributed by atoms with Crippen LogP contribution < -0.4 is 14.9 Å². The van der Waals surface area contributed by atoms with Crippen LogP contribution in [0.5, 0.6) is 5.75 Å². The summed E-state index contributed by atoms with van der Waals surface area (Å²) in [5.74, 6) is -3.79. The van der Waals surface area contributed by atoms with E-state index in [1.165, 1.54) is 0 Å². The molecule has 3 amide bonds. The summed E-state index contributed by atoms with van der Waals surface area (Å²) in [4.78, 5) is 65.5. The predicted molar refractivity (Wildman–Crippen MR) is 136 cm³/mol. The highest BCUT2D eigenvalue weighted by atomic mass is 32.2. The topological polar surface area (TPSA) is 146 Å². The Labute approximate surface area is 218 Å². The zero-order chi connectivity index (χ0) is 26.3. The third-order valence-electron chi connectivity index (χ3n) is 6.15.